The minimum absolute atomic E-state index is 0. The van der Waals surface area contributed by atoms with Gasteiger partial charge in [0.25, 0.3) is 5.91 Å². The largest absolute Gasteiger partial charge is 0.484 e. The summed E-state index contributed by atoms with van der Waals surface area (Å²) in [5.41, 5.74) is 0.717. The van der Waals surface area contributed by atoms with Crippen molar-refractivity contribution in [1.82, 2.24) is 10.2 Å². The van der Waals surface area contributed by atoms with Crippen LogP contribution in [-0.4, -0.2) is 50.0 Å². The molecule has 1 heterocycles. The van der Waals surface area contributed by atoms with Crippen LogP contribution in [0.4, 0.5) is 5.69 Å². The maximum Gasteiger partial charge on any atom is 0.260 e. The van der Waals surface area contributed by atoms with Crippen LogP contribution in [0.15, 0.2) is 24.3 Å². The number of piperidine rings is 1. The van der Waals surface area contributed by atoms with E-state index in [1.165, 1.54) is 0 Å². The van der Waals surface area contributed by atoms with Crippen LogP contribution in [0.25, 0.3) is 0 Å². The van der Waals surface area contributed by atoms with Crippen molar-refractivity contribution in [2.24, 2.45) is 11.8 Å². The number of ether oxygens (including phenoxy) is 1. The van der Waals surface area contributed by atoms with E-state index in [9.17, 15) is 9.59 Å². The Bertz CT molecular complexity index is 620. The molecule has 0 aromatic heterocycles. The van der Waals surface area contributed by atoms with Crippen LogP contribution in [0.2, 0.25) is 0 Å². The predicted molar refractivity (Wildman–Crippen MR) is 104 cm³/mol. The molecule has 1 aliphatic carbocycles. The molecule has 7 heteroatoms. The van der Waals surface area contributed by atoms with Crippen LogP contribution < -0.4 is 15.4 Å². The summed E-state index contributed by atoms with van der Waals surface area (Å²) in [5, 5.41) is 6.08. The van der Waals surface area contributed by atoms with Crippen molar-refractivity contribution in [3.8, 4) is 5.75 Å². The number of nitrogens with zero attached hydrogens (tertiary/aromatic N) is 1. The summed E-state index contributed by atoms with van der Waals surface area (Å²) in [7, 11) is 1.94. The fraction of sp³-hybridized carbons (Fsp3) is 0.579. The molecule has 1 saturated heterocycles. The number of anilines is 1. The van der Waals surface area contributed by atoms with Gasteiger partial charge in [-0.05, 0) is 57.3 Å². The second-order valence-electron chi connectivity index (χ2n) is 6.99. The fourth-order valence-corrected chi connectivity index (χ4v) is 3.24. The SMILES string of the molecule is CNCC1CCCN(C(=O)COc2cccc(NC(=O)C3CC3)c2)C1.Cl. The Labute approximate surface area is 161 Å². The van der Waals surface area contributed by atoms with Crippen LogP contribution in [0, 0.1) is 11.8 Å². The molecule has 0 radical (unpaired) electrons. The highest BCUT2D eigenvalue weighted by atomic mass is 35.5. The highest BCUT2D eigenvalue weighted by Gasteiger charge is 2.29. The molecule has 2 aliphatic rings. The van der Waals surface area contributed by atoms with Crippen LogP contribution >= 0.6 is 12.4 Å². The Morgan fingerprint density at radius 3 is 2.81 bits per heavy atom. The van der Waals surface area contributed by atoms with Crippen molar-refractivity contribution >= 4 is 29.9 Å². The van der Waals surface area contributed by atoms with Crippen molar-refractivity contribution in [3.05, 3.63) is 24.3 Å². The third kappa shape index (κ3) is 5.88. The average Bonchev–Trinajstić information content (AvgIpc) is 3.46. The monoisotopic (exact) mass is 381 g/mol. The number of halogens is 1. The van der Waals surface area contributed by atoms with Gasteiger partial charge in [0, 0.05) is 30.8 Å². The first-order chi connectivity index (χ1) is 12.2. The Morgan fingerprint density at radius 2 is 2.08 bits per heavy atom. The van der Waals surface area contributed by atoms with Gasteiger partial charge in [0.1, 0.15) is 5.75 Å². The van der Waals surface area contributed by atoms with Gasteiger partial charge in [-0.2, -0.15) is 0 Å². The zero-order chi connectivity index (χ0) is 17.6. The van der Waals surface area contributed by atoms with Crippen molar-refractivity contribution in [2.45, 2.75) is 25.7 Å². The van der Waals surface area contributed by atoms with E-state index in [2.05, 4.69) is 10.6 Å². The van der Waals surface area contributed by atoms with Gasteiger partial charge in [0.15, 0.2) is 6.61 Å². The van der Waals surface area contributed by atoms with Gasteiger partial charge < -0.3 is 20.3 Å². The number of likely N-dealkylation sites (tertiary alicyclic amines) is 1. The lowest BCUT2D eigenvalue weighted by Gasteiger charge is -2.32. The summed E-state index contributed by atoms with van der Waals surface area (Å²) in [6, 6.07) is 7.24. The molecular formula is C19H28ClN3O3. The molecule has 144 valence electrons. The van der Waals surface area contributed by atoms with E-state index in [1.807, 2.05) is 24.1 Å². The van der Waals surface area contributed by atoms with Crippen LogP contribution in [0.1, 0.15) is 25.7 Å². The molecule has 0 bridgehead atoms. The molecule has 0 spiro atoms. The van der Waals surface area contributed by atoms with Gasteiger partial charge in [0.2, 0.25) is 5.91 Å². The van der Waals surface area contributed by atoms with E-state index < -0.39 is 0 Å². The topological polar surface area (TPSA) is 70.7 Å². The smallest absolute Gasteiger partial charge is 0.260 e. The summed E-state index contributed by atoms with van der Waals surface area (Å²) >= 11 is 0. The lowest BCUT2D eigenvalue weighted by Crippen LogP contribution is -2.44. The predicted octanol–water partition coefficient (Wildman–Crippen LogP) is 2.29. The van der Waals surface area contributed by atoms with Crippen LogP contribution in [-0.2, 0) is 9.59 Å². The first-order valence-corrected chi connectivity index (χ1v) is 9.12. The molecule has 1 unspecified atom stereocenters. The normalized spacial score (nSPS) is 19.4. The van der Waals surface area contributed by atoms with Gasteiger partial charge in [-0.3, -0.25) is 9.59 Å². The maximum atomic E-state index is 12.4. The molecule has 1 aliphatic heterocycles. The first kappa shape index (κ1) is 20.5. The van der Waals surface area contributed by atoms with Gasteiger partial charge in [-0.25, -0.2) is 0 Å². The molecule has 26 heavy (non-hydrogen) atoms. The zero-order valence-electron chi connectivity index (χ0n) is 15.2. The summed E-state index contributed by atoms with van der Waals surface area (Å²) in [6.07, 6.45) is 4.15. The number of amides is 2. The molecule has 1 aromatic carbocycles. The number of benzene rings is 1. The minimum atomic E-state index is 0. The molecule has 1 atom stereocenters. The molecule has 1 aromatic rings. The van der Waals surface area contributed by atoms with E-state index in [0.29, 0.717) is 17.4 Å². The lowest BCUT2D eigenvalue weighted by molar-refractivity contribution is -0.135. The second-order valence-corrected chi connectivity index (χ2v) is 6.99. The number of carbonyl (C=O) groups is 2. The van der Waals surface area contributed by atoms with Gasteiger partial charge in [-0.1, -0.05) is 6.07 Å². The zero-order valence-corrected chi connectivity index (χ0v) is 16.0. The van der Waals surface area contributed by atoms with E-state index in [-0.39, 0.29) is 36.7 Å². The third-order valence-electron chi connectivity index (χ3n) is 4.78. The van der Waals surface area contributed by atoms with Crippen molar-refractivity contribution in [1.29, 1.82) is 0 Å². The highest BCUT2D eigenvalue weighted by Crippen LogP contribution is 2.30. The Kier molecular flexibility index (Phi) is 7.72. The standard InChI is InChI=1S/C19H27N3O3.ClH/c1-20-11-14-4-3-9-22(12-14)18(23)13-25-17-6-2-5-16(10-17)21-19(24)15-7-8-15;/h2,5-6,10,14-15,20H,3-4,7-9,11-13H2,1H3,(H,21,24);1H. The van der Waals surface area contributed by atoms with E-state index in [1.54, 1.807) is 12.1 Å². The summed E-state index contributed by atoms with van der Waals surface area (Å²) in [6.45, 7) is 2.57. The molecule has 6 nitrogen and oxygen atoms in total. The molecule has 1 saturated carbocycles. The van der Waals surface area contributed by atoms with Gasteiger partial charge >= 0.3 is 0 Å². The molecule has 3 rings (SSSR count). The van der Waals surface area contributed by atoms with E-state index >= 15 is 0 Å². The van der Waals surface area contributed by atoms with Crippen LogP contribution in [0.3, 0.4) is 0 Å². The summed E-state index contributed by atoms with van der Waals surface area (Å²) in [4.78, 5) is 26.1. The third-order valence-corrected chi connectivity index (χ3v) is 4.78. The average molecular weight is 382 g/mol. The van der Waals surface area contributed by atoms with Gasteiger partial charge in [0.05, 0.1) is 0 Å². The van der Waals surface area contributed by atoms with Gasteiger partial charge in [-0.15, -0.1) is 12.4 Å². The number of rotatable bonds is 7. The molecule has 2 fully saturated rings. The van der Waals surface area contributed by atoms with Crippen molar-refractivity contribution < 1.29 is 14.3 Å². The number of hydrogen-bond acceptors (Lipinski definition) is 4. The minimum Gasteiger partial charge on any atom is -0.484 e. The molecule has 2 amide bonds. The molecular weight excluding hydrogens is 354 g/mol. The van der Waals surface area contributed by atoms with Crippen molar-refractivity contribution in [2.75, 3.05) is 38.6 Å². The first-order valence-electron chi connectivity index (χ1n) is 9.12. The van der Waals surface area contributed by atoms with Crippen molar-refractivity contribution in [3.63, 3.8) is 0 Å². The number of hydrogen-bond donors (Lipinski definition) is 2. The second kappa shape index (κ2) is 9.78. The number of carbonyl (C=O) groups excluding carboxylic acids is 2. The van der Waals surface area contributed by atoms with E-state index in [4.69, 9.17) is 4.74 Å². The number of nitrogens with one attached hydrogen (secondary N) is 2. The van der Waals surface area contributed by atoms with E-state index in [0.717, 1.165) is 45.3 Å². The highest BCUT2D eigenvalue weighted by molar-refractivity contribution is 5.94. The Balaban J connectivity index is 0.00000243. The lowest BCUT2D eigenvalue weighted by atomic mass is 9.98. The van der Waals surface area contributed by atoms with Crippen LogP contribution in [0.5, 0.6) is 5.75 Å². The fourth-order valence-electron chi connectivity index (χ4n) is 3.24. The Morgan fingerprint density at radius 1 is 1.27 bits per heavy atom. The Hall–Kier alpha value is -1.79. The molecule has 2 N–H and O–H groups in total. The summed E-state index contributed by atoms with van der Waals surface area (Å²) < 4.78 is 5.66. The quantitative estimate of drug-likeness (QED) is 0.760. The maximum absolute atomic E-state index is 12.4. The summed E-state index contributed by atoms with van der Waals surface area (Å²) in [5.74, 6) is 1.37.